The Morgan fingerprint density at radius 3 is 2.32 bits per heavy atom. The molecule has 1 aliphatic carbocycles. The van der Waals surface area contributed by atoms with Crippen LogP contribution in [0.15, 0.2) is 36.4 Å². The summed E-state index contributed by atoms with van der Waals surface area (Å²) in [5.74, 6) is -7.09. The number of benzene rings is 2. The topological polar surface area (TPSA) is 26.3 Å². The molecule has 2 aromatic rings. The van der Waals surface area contributed by atoms with E-state index < -0.39 is 40.8 Å². The maximum absolute atomic E-state index is 14.9. The summed E-state index contributed by atoms with van der Waals surface area (Å²) in [6.45, 7) is 2.04. The van der Waals surface area contributed by atoms with Crippen molar-refractivity contribution >= 4 is 5.97 Å². The predicted molar refractivity (Wildman–Crippen MR) is 83.3 cm³/mol. The molecule has 3 rings (SSSR count). The Hall–Kier alpha value is -2.37. The molecule has 0 spiro atoms. The van der Waals surface area contributed by atoms with Gasteiger partial charge in [0.25, 0.3) is 0 Å². The lowest BCUT2D eigenvalue weighted by atomic mass is 10.0. The van der Waals surface area contributed by atoms with Gasteiger partial charge >= 0.3 is 5.97 Å². The fraction of sp³-hybridized carbons (Fsp3) is 0.316. The van der Waals surface area contributed by atoms with E-state index in [9.17, 15) is 22.4 Å². The molecular weight excluding hydrogens is 336 g/mol. The van der Waals surface area contributed by atoms with Crippen molar-refractivity contribution in [1.29, 1.82) is 0 Å². The van der Waals surface area contributed by atoms with Crippen LogP contribution in [0.2, 0.25) is 0 Å². The van der Waals surface area contributed by atoms with Gasteiger partial charge in [-0.3, -0.25) is 4.79 Å². The van der Waals surface area contributed by atoms with Crippen LogP contribution < -0.4 is 4.74 Å². The van der Waals surface area contributed by atoms with Gasteiger partial charge in [0.1, 0.15) is 11.4 Å². The number of alkyl halides is 1. The molecule has 0 amide bonds. The monoisotopic (exact) mass is 352 g/mol. The lowest BCUT2D eigenvalue weighted by Crippen LogP contribution is -2.16. The second kappa shape index (κ2) is 6.50. The van der Waals surface area contributed by atoms with Crippen LogP contribution in [-0.2, 0) is 16.9 Å². The Bertz CT molecular complexity index is 781. The van der Waals surface area contributed by atoms with E-state index in [-0.39, 0.29) is 6.42 Å². The van der Waals surface area contributed by atoms with E-state index in [2.05, 4.69) is 0 Å². The van der Waals surface area contributed by atoms with Crippen LogP contribution in [-0.4, -0.2) is 5.97 Å². The summed E-state index contributed by atoms with van der Waals surface area (Å²) in [6.07, 6.45) is 1.79. The maximum Gasteiger partial charge on any atom is 0.318 e. The van der Waals surface area contributed by atoms with Gasteiger partial charge in [-0.1, -0.05) is 37.6 Å². The first-order valence-electron chi connectivity index (χ1n) is 7.99. The van der Waals surface area contributed by atoms with E-state index in [0.29, 0.717) is 17.7 Å². The van der Waals surface area contributed by atoms with Gasteiger partial charge in [-0.05, 0) is 17.5 Å². The zero-order valence-corrected chi connectivity index (χ0v) is 13.5. The van der Waals surface area contributed by atoms with E-state index >= 15 is 0 Å². The smallest absolute Gasteiger partial charge is 0.318 e. The van der Waals surface area contributed by atoms with Crippen molar-refractivity contribution in [2.75, 3.05) is 0 Å². The van der Waals surface area contributed by atoms with Gasteiger partial charge in [0.15, 0.2) is 17.5 Å². The van der Waals surface area contributed by atoms with Gasteiger partial charge in [0.2, 0.25) is 0 Å². The minimum atomic E-state index is -1.85. The van der Waals surface area contributed by atoms with Crippen LogP contribution in [0.25, 0.3) is 0 Å². The van der Waals surface area contributed by atoms with Gasteiger partial charge < -0.3 is 4.74 Å². The highest BCUT2D eigenvalue weighted by atomic mass is 19.2. The van der Waals surface area contributed by atoms with Gasteiger partial charge in [-0.2, -0.15) is 0 Å². The average Bonchev–Trinajstić information content (AvgIpc) is 3.27. The van der Waals surface area contributed by atoms with Crippen molar-refractivity contribution in [2.24, 2.45) is 5.92 Å². The van der Waals surface area contributed by atoms with Crippen LogP contribution in [0.1, 0.15) is 30.9 Å². The minimum Gasteiger partial charge on any atom is -0.426 e. The van der Waals surface area contributed by atoms with Crippen LogP contribution in [0.4, 0.5) is 17.6 Å². The standard InChI is InChI=1S/C19H16F4O2/c1-2-3-11-4-6-12(7-5-11)19(23)10-14(19)18(24)25-13-8-15(20)17(22)16(21)9-13/h4-9,14H,2-3,10H2,1H3/t14-,19+/m1/s1. The quantitative estimate of drug-likeness (QED) is 0.333. The highest BCUT2D eigenvalue weighted by Gasteiger charge is 2.62. The number of esters is 1. The Kier molecular flexibility index (Phi) is 4.54. The van der Waals surface area contributed by atoms with Crippen LogP contribution >= 0.6 is 0 Å². The summed E-state index contributed by atoms with van der Waals surface area (Å²) in [6, 6.07) is 8.00. The first kappa shape index (κ1) is 17.5. The number of carbonyl (C=O) groups is 1. The molecule has 1 aliphatic rings. The molecule has 0 saturated heterocycles. The van der Waals surface area contributed by atoms with Crippen molar-refractivity contribution in [3.63, 3.8) is 0 Å². The fourth-order valence-corrected chi connectivity index (χ4v) is 2.84. The molecular formula is C19H16F4O2. The third kappa shape index (κ3) is 3.38. The number of hydrogen-bond acceptors (Lipinski definition) is 2. The molecule has 6 heteroatoms. The number of halogens is 4. The highest BCUT2D eigenvalue weighted by molar-refractivity contribution is 5.80. The third-order valence-corrected chi connectivity index (χ3v) is 4.33. The second-order valence-electron chi connectivity index (χ2n) is 6.19. The fourth-order valence-electron chi connectivity index (χ4n) is 2.84. The molecule has 1 saturated carbocycles. The molecule has 0 N–H and O–H groups in total. The molecule has 25 heavy (non-hydrogen) atoms. The lowest BCUT2D eigenvalue weighted by molar-refractivity contribution is -0.137. The van der Waals surface area contributed by atoms with E-state index in [4.69, 9.17) is 4.74 Å². The van der Waals surface area contributed by atoms with Crippen LogP contribution in [0.3, 0.4) is 0 Å². The molecule has 0 heterocycles. The largest absolute Gasteiger partial charge is 0.426 e. The first-order valence-corrected chi connectivity index (χ1v) is 7.99. The molecule has 0 unspecified atom stereocenters. The summed E-state index contributed by atoms with van der Waals surface area (Å²) in [5.41, 5.74) is -0.406. The zero-order valence-electron chi connectivity index (χ0n) is 13.5. The summed E-state index contributed by atoms with van der Waals surface area (Å²) < 4.78 is 58.9. The van der Waals surface area contributed by atoms with E-state index in [1.165, 1.54) is 0 Å². The van der Waals surface area contributed by atoms with Gasteiger partial charge in [-0.25, -0.2) is 17.6 Å². The van der Waals surface area contributed by atoms with E-state index in [0.717, 1.165) is 18.4 Å². The summed E-state index contributed by atoms with van der Waals surface area (Å²) in [4.78, 5) is 12.0. The number of rotatable bonds is 5. The molecule has 2 atom stereocenters. The number of ether oxygens (including phenoxy) is 1. The molecule has 0 aromatic heterocycles. The van der Waals surface area contributed by atoms with Crippen LogP contribution in [0, 0.1) is 23.4 Å². The number of hydrogen-bond donors (Lipinski definition) is 0. The van der Waals surface area contributed by atoms with E-state index in [1.807, 2.05) is 19.1 Å². The van der Waals surface area contributed by atoms with Crippen molar-refractivity contribution in [2.45, 2.75) is 31.9 Å². The number of aryl methyl sites for hydroxylation is 1. The molecule has 0 radical (unpaired) electrons. The Labute approximate surface area is 142 Å². The predicted octanol–water partition coefficient (Wildman–Crippen LogP) is 4.85. The summed E-state index contributed by atoms with van der Waals surface area (Å²) in [7, 11) is 0. The van der Waals surface area contributed by atoms with Gasteiger partial charge in [0.05, 0.1) is 5.92 Å². The SMILES string of the molecule is CCCc1ccc([C@@]2(F)C[C@@H]2C(=O)Oc2cc(F)c(F)c(F)c2)cc1. The second-order valence-corrected chi connectivity index (χ2v) is 6.19. The molecule has 2 nitrogen and oxygen atoms in total. The van der Waals surface area contributed by atoms with Crippen molar-refractivity contribution in [3.8, 4) is 5.75 Å². The zero-order chi connectivity index (χ0) is 18.2. The Morgan fingerprint density at radius 1 is 1.16 bits per heavy atom. The lowest BCUT2D eigenvalue weighted by Gasteiger charge is -2.10. The molecule has 0 bridgehead atoms. The minimum absolute atomic E-state index is 0.0644. The first-order chi connectivity index (χ1) is 11.8. The highest BCUT2D eigenvalue weighted by Crippen LogP contribution is 2.56. The van der Waals surface area contributed by atoms with Crippen LogP contribution in [0.5, 0.6) is 5.75 Å². The third-order valence-electron chi connectivity index (χ3n) is 4.33. The molecule has 132 valence electrons. The Morgan fingerprint density at radius 2 is 1.76 bits per heavy atom. The van der Waals surface area contributed by atoms with Gasteiger partial charge in [0, 0.05) is 18.6 Å². The molecule has 1 fully saturated rings. The van der Waals surface area contributed by atoms with Crippen molar-refractivity contribution in [1.82, 2.24) is 0 Å². The summed E-state index contributed by atoms with van der Waals surface area (Å²) >= 11 is 0. The Balaban J connectivity index is 1.70. The average molecular weight is 352 g/mol. The molecule has 2 aromatic carbocycles. The van der Waals surface area contributed by atoms with Gasteiger partial charge in [-0.15, -0.1) is 0 Å². The number of carbonyl (C=O) groups excluding carboxylic acids is 1. The summed E-state index contributed by atoms with van der Waals surface area (Å²) in [5, 5.41) is 0. The maximum atomic E-state index is 14.9. The van der Waals surface area contributed by atoms with E-state index in [1.54, 1.807) is 12.1 Å². The normalized spacial score (nSPS) is 21.9. The van der Waals surface area contributed by atoms with Crippen molar-refractivity contribution < 1.29 is 27.1 Å². The van der Waals surface area contributed by atoms with Crippen molar-refractivity contribution in [3.05, 3.63) is 65.0 Å². The molecule has 0 aliphatic heterocycles.